The molecule has 0 aromatic heterocycles. The number of benzene rings is 1. The van der Waals surface area contributed by atoms with Crippen molar-refractivity contribution in [3.8, 4) is 0 Å². The molecule has 1 rings (SSSR count). The van der Waals surface area contributed by atoms with Gasteiger partial charge in [-0.15, -0.1) is 0 Å². The molecular weight excluding hydrogens is 318 g/mol. The molecule has 1 aromatic rings. The van der Waals surface area contributed by atoms with Crippen LogP contribution in [0.4, 0.5) is 0 Å². The summed E-state index contributed by atoms with van der Waals surface area (Å²) in [5.41, 5.74) is 12.3. The second kappa shape index (κ2) is 10.6. The molecule has 1 unspecified atom stereocenters. The minimum Gasteiger partial charge on any atom is -0.369 e. The van der Waals surface area contributed by atoms with E-state index in [1.165, 1.54) is 0 Å². The van der Waals surface area contributed by atoms with Crippen LogP contribution in [0.25, 0.3) is 0 Å². The Kier molecular flexibility index (Phi) is 8.84. The van der Waals surface area contributed by atoms with Crippen LogP contribution < -0.4 is 16.8 Å². The molecular formula is C19H28N3O3. The van der Waals surface area contributed by atoms with Gasteiger partial charge >= 0.3 is 0 Å². The molecule has 1 aromatic carbocycles. The summed E-state index contributed by atoms with van der Waals surface area (Å²) in [5.74, 6) is -1.63. The summed E-state index contributed by atoms with van der Waals surface area (Å²) in [5, 5.41) is 2.56. The molecule has 0 fully saturated rings. The number of nitrogens with two attached hydrogens (primary N) is 2. The lowest BCUT2D eigenvalue weighted by atomic mass is 9.85. The summed E-state index contributed by atoms with van der Waals surface area (Å²) in [6.07, 6.45) is 4.36. The molecule has 0 bridgehead atoms. The fourth-order valence-corrected chi connectivity index (χ4v) is 2.84. The van der Waals surface area contributed by atoms with Gasteiger partial charge in [-0.2, -0.15) is 0 Å². The first-order chi connectivity index (χ1) is 11.9. The van der Waals surface area contributed by atoms with E-state index in [0.29, 0.717) is 12.8 Å². The third-order valence-corrected chi connectivity index (χ3v) is 4.59. The third-order valence-electron chi connectivity index (χ3n) is 4.59. The van der Waals surface area contributed by atoms with Crippen molar-refractivity contribution in [1.29, 1.82) is 0 Å². The summed E-state index contributed by atoms with van der Waals surface area (Å²) < 4.78 is 0. The lowest BCUT2D eigenvalue weighted by molar-refractivity contribution is -0.130. The molecule has 0 aliphatic rings. The molecule has 0 saturated carbocycles. The van der Waals surface area contributed by atoms with Crippen molar-refractivity contribution in [3.63, 3.8) is 0 Å². The van der Waals surface area contributed by atoms with Gasteiger partial charge in [0.1, 0.15) is 0 Å². The first kappa shape index (κ1) is 20.8. The molecule has 0 saturated heterocycles. The van der Waals surface area contributed by atoms with Crippen LogP contribution in [0.2, 0.25) is 0 Å². The van der Waals surface area contributed by atoms with E-state index >= 15 is 0 Å². The van der Waals surface area contributed by atoms with E-state index < -0.39 is 29.8 Å². The summed E-state index contributed by atoms with van der Waals surface area (Å²) in [6.45, 7) is 4.05. The molecule has 25 heavy (non-hydrogen) atoms. The van der Waals surface area contributed by atoms with E-state index in [1.54, 1.807) is 0 Å². The molecule has 2 amide bonds. The van der Waals surface area contributed by atoms with Gasteiger partial charge in [-0.25, -0.2) is 0 Å². The maximum absolute atomic E-state index is 12.4. The Bertz CT molecular complexity index is 558. The van der Waals surface area contributed by atoms with Crippen LogP contribution in [-0.2, 0) is 20.8 Å². The van der Waals surface area contributed by atoms with Crippen molar-refractivity contribution in [2.75, 3.05) is 0 Å². The molecule has 0 aliphatic carbocycles. The second-order valence-corrected chi connectivity index (χ2v) is 6.32. The Balaban J connectivity index is 2.73. The van der Waals surface area contributed by atoms with Gasteiger partial charge in [-0.05, 0) is 17.9 Å². The Hall–Kier alpha value is -2.21. The standard InChI is InChI=1S/C19H28N3O3/c1-3-13(4-2)11-16(18(21)24)17(20)19(25)22-15(12-23)10-14-8-6-5-7-9-14/h5-9,13,15-17H,3-4,10-11,20H2,1-2H3,(H2,21,24)(H,22,25)/t15-,16?,17-/m0/s1. The van der Waals surface area contributed by atoms with Crippen molar-refractivity contribution in [2.45, 2.75) is 51.6 Å². The topological polar surface area (TPSA) is 115 Å². The summed E-state index contributed by atoms with van der Waals surface area (Å²) in [7, 11) is 0. The number of nitrogens with one attached hydrogen (secondary N) is 1. The second-order valence-electron chi connectivity index (χ2n) is 6.32. The average Bonchev–Trinajstić information content (AvgIpc) is 2.62. The van der Waals surface area contributed by atoms with Crippen LogP contribution in [-0.4, -0.2) is 30.2 Å². The summed E-state index contributed by atoms with van der Waals surface area (Å²) in [6, 6.07) is 7.39. The van der Waals surface area contributed by atoms with Crippen LogP contribution in [0.15, 0.2) is 30.3 Å². The zero-order valence-corrected chi connectivity index (χ0v) is 14.9. The Morgan fingerprint density at radius 2 is 1.76 bits per heavy atom. The fraction of sp³-hybridized carbons (Fsp3) is 0.526. The van der Waals surface area contributed by atoms with Gasteiger partial charge in [0, 0.05) is 6.42 Å². The van der Waals surface area contributed by atoms with Crippen LogP contribution in [0.1, 0.15) is 38.7 Å². The van der Waals surface area contributed by atoms with Crippen molar-refractivity contribution < 1.29 is 14.4 Å². The highest BCUT2D eigenvalue weighted by atomic mass is 16.2. The molecule has 5 N–H and O–H groups in total. The van der Waals surface area contributed by atoms with E-state index in [0.717, 1.165) is 18.4 Å². The summed E-state index contributed by atoms with van der Waals surface area (Å²) in [4.78, 5) is 35.3. The molecule has 0 heterocycles. The molecule has 0 aliphatic heterocycles. The fourth-order valence-electron chi connectivity index (χ4n) is 2.84. The summed E-state index contributed by atoms with van der Waals surface area (Å²) >= 11 is 0. The van der Waals surface area contributed by atoms with Gasteiger partial charge in [0.05, 0.1) is 18.0 Å². The zero-order valence-electron chi connectivity index (χ0n) is 14.9. The normalized spacial score (nSPS) is 14.6. The lowest BCUT2D eigenvalue weighted by Crippen LogP contribution is -2.53. The van der Waals surface area contributed by atoms with E-state index in [2.05, 4.69) is 5.32 Å². The highest BCUT2D eigenvalue weighted by Crippen LogP contribution is 2.21. The molecule has 1 radical (unpaired) electrons. The predicted molar refractivity (Wildman–Crippen MR) is 97.1 cm³/mol. The largest absolute Gasteiger partial charge is 0.369 e. The van der Waals surface area contributed by atoms with Gasteiger partial charge in [-0.1, -0.05) is 57.0 Å². The smallest absolute Gasteiger partial charge is 0.238 e. The Labute approximate surface area is 149 Å². The molecule has 6 nitrogen and oxygen atoms in total. The van der Waals surface area contributed by atoms with Crippen molar-refractivity contribution >= 4 is 18.1 Å². The number of carbonyl (C=O) groups is 2. The van der Waals surface area contributed by atoms with Crippen molar-refractivity contribution in [1.82, 2.24) is 5.32 Å². The zero-order chi connectivity index (χ0) is 18.8. The third kappa shape index (κ3) is 6.66. The number of carbonyl (C=O) groups excluding carboxylic acids is 3. The Morgan fingerprint density at radius 3 is 2.24 bits per heavy atom. The van der Waals surface area contributed by atoms with Gasteiger partial charge < -0.3 is 16.8 Å². The SMILES string of the molecule is CCC(CC)CC(C(N)=O)[C@H](N)C(=O)N[C@H]([C]=O)Cc1ccccc1. The predicted octanol–water partition coefficient (Wildman–Crippen LogP) is 1.08. The highest BCUT2D eigenvalue weighted by Gasteiger charge is 2.31. The number of amides is 2. The first-order valence-electron chi connectivity index (χ1n) is 8.69. The monoisotopic (exact) mass is 346 g/mol. The van der Waals surface area contributed by atoms with E-state index in [1.807, 2.05) is 50.5 Å². The Morgan fingerprint density at radius 1 is 1.16 bits per heavy atom. The molecule has 6 heteroatoms. The molecule has 3 atom stereocenters. The van der Waals surface area contributed by atoms with Crippen molar-refractivity contribution in [3.05, 3.63) is 35.9 Å². The van der Waals surface area contributed by atoms with Crippen LogP contribution >= 0.6 is 0 Å². The number of hydrogen-bond acceptors (Lipinski definition) is 4. The average molecular weight is 346 g/mol. The lowest BCUT2D eigenvalue weighted by Gasteiger charge is -2.25. The van der Waals surface area contributed by atoms with E-state index in [4.69, 9.17) is 11.5 Å². The first-order valence-corrected chi connectivity index (χ1v) is 8.69. The van der Waals surface area contributed by atoms with Gasteiger partial charge in [0.15, 0.2) is 0 Å². The van der Waals surface area contributed by atoms with Gasteiger partial charge in [-0.3, -0.25) is 14.4 Å². The number of rotatable bonds is 11. The van der Waals surface area contributed by atoms with Crippen LogP contribution in [0.5, 0.6) is 0 Å². The molecule has 137 valence electrons. The van der Waals surface area contributed by atoms with Gasteiger partial charge in [0.25, 0.3) is 0 Å². The quantitative estimate of drug-likeness (QED) is 0.556. The highest BCUT2D eigenvalue weighted by molar-refractivity contribution is 5.90. The van der Waals surface area contributed by atoms with Gasteiger partial charge in [0.2, 0.25) is 18.1 Å². The number of primary amides is 1. The van der Waals surface area contributed by atoms with Crippen LogP contribution in [0.3, 0.4) is 0 Å². The van der Waals surface area contributed by atoms with E-state index in [-0.39, 0.29) is 5.92 Å². The number of hydrogen-bond donors (Lipinski definition) is 3. The van der Waals surface area contributed by atoms with E-state index in [9.17, 15) is 14.4 Å². The molecule has 0 spiro atoms. The van der Waals surface area contributed by atoms with Crippen LogP contribution in [0, 0.1) is 11.8 Å². The maximum Gasteiger partial charge on any atom is 0.238 e. The van der Waals surface area contributed by atoms with Crippen molar-refractivity contribution in [2.24, 2.45) is 23.3 Å². The maximum atomic E-state index is 12.4. The minimum atomic E-state index is -1.08. The minimum absolute atomic E-state index is 0.272.